The summed E-state index contributed by atoms with van der Waals surface area (Å²) in [6.45, 7) is 5.16. The van der Waals surface area contributed by atoms with E-state index >= 15 is 0 Å². The Hall–Kier alpha value is -1.77. The van der Waals surface area contributed by atoms with Gasteiger partial charge < -0.3 is 19.7 Å². The van der Waals surface area contributed by atoms with Gasteiger partial charge in [-0.15, -0.1) is 10.2 Å². The van der Waals surface area contributed by atoms with Gasteiger partial charge in [-0.2, -0.15) is 0 Å². The van der Waals surface area contributed by atoms with Crippen LogP contribution in [0.1, 0.15) is 43.8 Å². The molecule has 7 nitrogen and oxygen atoms in total. The van der Waals surface area contributed by atoms with Crippen LogP contribution in [0, 0.1) is 11.3 Å². The van der Waals surface area contributed by atoms with Crippen LogP contribution in [-0.2, 0) is 0 Å². The molecule has 3 saturated heterocycles. The van der Waals surface area contributed by atoms with E-state index in [0.717, 1.165) is 51.3 Å². The van der Waals surface area contributed by atoms with Crippen LogP contribution >= 0.6 is 0 Å². The molecule has 4 aliphatic rings. The van der Waals surface area contributed by atoms with Crippen molar-refractivity contribution in [1.29, 1.82) is 0 Å². The van der Waals surface area contributed by atoms with E-state index in [9.17, 15) is 13.6 Å². The molecular formula is C19H28F2N6O. The van der Waals surface area contributed by atoms with E-state index in [4.69, 9.17) is 0 Å². The van der Waals surface area contributed by atoms with Crippen molar-refractivity contribution < 1.29 is 13.6 Å². The first-order valence-corrected chi connectivity index (χ1v) is 10.4. The number of carbonyl (C=O) groups excluding carboxylic acids is 1. The van der Waals surface area contributed by atoms with Crippen molar-refractivity contribution in [1.82, 2.24) is 29.9 Å². The fourth-order valence-corrected chi connectivity index (χ4v) is 5.65. The Morgan fingerprint density at radius 2 is 1.93 bits per heavy atom. The molecule has 1 N–H and O–H groups in total. The number of H-pyrrole nitrogens is 1. The Morgan fingerprint density at radius 1 is 1.18 bits per heavy atom. The largest absolute Gasteiger partial charge is 0.331 e. The summed E-state index contributed by atoms with van der Waals surface area (Å²) in [5.41, 5.74) is 0.296. The van der Waals surface area contributed by atoms with Gasteiger partial charge in [-0.25, -0.2) is 13.6 Å². The highest BCUT2D eigenvalue weighted by Crippen LogP contribution is 2.52. The number of aromatic nitrogens is 3. The van der Waals surface area contributed by atoms with E-state index < -0.39 is 5.92 Å². The van der Waals surface area contributed by atoms with Gasteiger partial charge in [0.05, 0.1) is 0 Å². The Morgan fingerprint density at radius 3 is 2.61 bits per heavy atom. The second kappa shape index (κ2) is 6.64. The number of amides is 2. The molecule has 0 bridgehead atoms. The number of urea groups is 1. The van der Waals surface area contributed by atoms with Crippen LogP contribution in [0.15, 0.2) is 6.33 Å². The zero-order valence-electron chi connectivity index (χ0n) is 16.1. The third kappa shape index (κ3) is 3.38. The number of aromatic amines is 1. The van der Waals surface area contributed by atoms with E-state index in [0.29, 0.717) is 31.0 Å². The lowest BCUT2D eigenvalue weighted by Crippen LogP contribution is -2.66. The number of hydrogen-bond acceptors (Lipinski definition) is 4. The fourth-order valence-electron chi connectivity index (χ4n) is 5.65. The number of nitrogens with one attached hydrogen (secondary N) is 1. The second-order valence-corrected chi connectivity index (χ2v) is 9.38. The molecule has 28 heavy (non-hydrogen) atoms. The summed E-state index contributed by atoms with van der Waals surface area (Å²) >= 11 is 0. The number of carbonyl (C=O) groups is 1. The number of halogens is 2. The first kappa shape index (κ1) is 18.3. The lowest BCUT2D eigenvalue weighted by atomic mass is 9.57. The molecule has 1 aromatic heterocycles. The highest BCUT2D eigenvalue weighted by molar-refractivity contribution is 5.76. The maximum atomic E-state index is 13.3. The van der Waals surface area contributed by atoms with Crippen LogP contribution in [0.5, 0.6) is 0 Å². The van der Waals surface area contributed by atoms with Crippen molar-refractivity contribution >= 4 is 6.03 Å². The minimum atomic E-state index is -2.46. The van der Waals surface area contributed by atoms with E-state index in [2.05, 4.69) is 20.1 Å². The zero-order valence-corrected chi connectivity index (χ0v) is 16.1. The van der Waals surface area contributed by atoms with Crippen molar-refractivity contribution in [2.24, 2.45) is 11.3 Å². The van der Waals surface area contributed by atoms with Crippen LogP contribution < -0.4 is 0 Å². The number of piperidine rings is 1. The van der Waals surface area contributed by atoms with Gasteiger partial charge in [0.15, 0.2) is 0 Å². The van der Waals surface area contributed by atoms with E-state index in [1.54, 1.807) is 6.33 Å². The minimum Gasteiger partial charge on any atom is -0.331 e. The topological polar surface area (TPSA) is 68.4 Å². The maximum absolute atomic E-state index is 13.3. The van der Waals surface area contributed by atoms with Crippen LogP contribution in [-0.4, -0.2) is 87.6 Å². The third-order valence-corrected chi connectivity index (χ3v) is 7.15. The molecule has 1 unspecified atom stereocenters. The lowest BCUT2D eigenvalue weighted by molar-refractivity contribution is -0.0960. The van der Waals surface area contributed by atoms with Gasteiger partial charge in [-0.05, 0) is 25.2 Å². The lowest BCUT2D eigenvalue weighted by Gasteiger charge is -2.60. The predicted octanol–water partition coefficient (Wildman–Crippen LogP) is 2.16. The molecule has 3 aliphatic heterocycles. The van der Waals surface area contributed by atoms with Gasteiger partial charge >= 0.3 is 6.03 Å². The second-order valence-electron chi connectivity index (χ2n) is 9.38. The first-order valence-electron chi connectivity index (χ1n) is 10.4. The molecule has 4 fully saturated rings. The molecule has 5 rings (SSSR count). The van der Waals surface area contributed by atoms with Crippen molar-refractivity contribution in [2.45, 2.75) is 43.9 Å². The highest BCUT2D eigenvalue weighted by Gasteiger charge is 2.54. The van der Waals surface area contributed by atoms with Crippen molar-refractivity contribution in [3.8, 4) is 0 Å². The SMILES string of the molecule is O=C(N1CCC(c2nnc[nH]2)C1)N1CC2(CC(CN3CCC(F)(F)CC3)C2)C1. The number of likely N-dealkylation sites (tertiary alicyclic amines) is 3. The molecule has 2 amide bonds. The van der Waals surface area contributed by atoms with Crippen molar-refractivity contribution in [3.63, 3.8) is 0 Å². The van der Waals surface area contributed by atoms with Gasteiger partial charge in [0.1, 0.15) is 12.2 Å². The molecule has 154 valence electrons. The van der Waals surface area contributed by atoms with Crippen LogP contribution in [0.2, 0.25) is 0 Å². The molecule has 0 radical (unpaired) electrons. The van der Waals surface area contributed by atoms with Crippen LogP contribution in [0.4, 0.5) is 13.6 Å². The molecule has 1 aliphatic carbocycles. The quantitative estimate of drug-likeness (QED) is 0.853. The van der Waals surface area contributed by atoms with Gasteiger partial charge in [-0.3, -0.25) is 0 Å². The predicted molar refractivity (Wildman–Crippen MR) is 98.1 cm³/mol. The number of nitrogens with zero attached hydrogens (tertiary/aromatic N) is 5. The van der Waals surface area contributed by atoms with E-state index in [-0.39, 0.29) is 24.8 Å². The number of rotatable bonds is 3. The van der Waals surface area contributed by atoms with E-state index in [1.807, 2.05) is 9.80 Å². The molecule has 1 atom stereocenters. The summed E-state index contributed by atoms with van der Waals surface area (Å²) < 4.78 is 26.5. The van der Waals surface area contributed by atoms with E-state index in [1.165, 1.54) is 0 Å². The molecule has 9 heteroatoms. The normalized spacial score (nSPS) is 29.7. The summed E-state index contributed by atoms with van der Waals surface area (Å²) in [6.07, 6.45) is 4.77. The fraction of sp³-hybridized carbons (Fsp3) is 0.842. The molecule has 1 aromatic rings. The van der Waals surface area contributed by atoms with Gasteiger partial charge in [0, 0.05) is 70.0 Å². The molecule has 1 spiro atoms. The summed E-state index contributed by atoms with van der Waals surface area (Å²) in [6, 6.07) is 0.148. The summed E-state index contributed by atoms with van der Waals surface area (Å²) in [4.78, 5) is 21.9. The van der Waals surface area contributed by atoms with Crippen LogP contribution in [0.25, 0.3) is 0 Å². The Balaban J connectivity index is 1.04. The Bertz CT molecular complexity index is 702. The monoisotopic (exact) mass is 394 g/mol. The van der Waals surface area contributed by atoms with Crippen molar-refractivity contribution in [2.75, 3.05) is 45.8 Å². The number of alkyl halides is 2. The average molecular weight is 394 g/mol. The first-order chi connectivity index (χ1) is 13.4. The molecular weight excluding hydrogens is 366 g/mol. The maximum Gasteiger partial charge on any atom is 0.320 e. The molecule has 0 aromatic carbocycles. The Labute approximate surface area is 163 Å². The summed E-state index contributed by atoms with van der Waals surface area (Å²) in [7, 11) is 0. The third-order valence-electron chi connectivity index (χ3n) is 7.15. The average Bonchev–Trinajstić information content (AvgIpc) is 3.27. The zero-order chi connectivity index (χ0) is 19.4. The molecule has 4 heterocycles. The highest BCUT2D eigenvalue weighted by atomic mass is 19.3. The summed E-state index contributed by atoms with van der Waals surface area (Å²) in [5.74, 6) is -0.736. The van der Waals surface area contributed by atoms with Crippen molar-refractivity contribution in [3.05, 3.63) is 12.2 Å². The minimum absolute atomic E-state index is 0.00195. The molecule has 1 saturated carbocycles. The smallest absolute Gasteiger partial charge is 0.320 e. The Kier molecular flexibility index (Phi) is 4.33. The summed E-state index contributed by atoms with van der Waals surface area (Å²) in [5, 5.41) is 7.91. The van der Waals surface area contributed by atoms with Gasteiger partial charge in [0.25, 0.3) is 5.92 Å². The standard InChI is InChI=1S/C19H28F2N6O/c20-19(21)2-5-25(6-3-19)9-14-7-18(8-14)11-27(12-18)17(28)26-4-1-15(10-26)16-22-13-23-24-16/h13-15H,1-12H2,(H,22,23,24). The van der Waals surface area contributed by atoms with Gasteiger partial charge in [0.2, 0.25) is 0 Å². The van der Waals surface area contributed by atoms with Gasteiger partial charge in [-0.1, -0.05) is 0 Å². The van der Waals surface area contributed by atoms with Crippen LogP contribution in [0.3, 0.4) is 0 Å². The number of hydrogen-bond donors (Lipinski definition) is 1.